The predicted molar refractivity (Wildman–Crippen MR) is 69.5 cm³/mol. The Kier molecular flexibility index (Phi) is 4.91. The summed E-state index contributed by atoms with van der Waals surface area (Å²) < 4.78 is 0. The molecule has 1 unspecified atom stereocenters. The molecular formula is C12H26N4O. The van der Waals surface area contributed by atoms with Crippen LogP contribution in [0.2, 0.25) is 0 Å². The molecule has 5 heteroatoms. The lowest BCUT2D eigenvalue weighted by atomic mass is 10.0. The highest BCUT2D eigenvalue weighted by Gasteiger charge is 2.30. The number of carbonyl (C=O) groups excluding carboxylic acids is 1. The molecule has 0 saturated carbocycles. The van der Waals surface area contributed by atoms with Gasteiger partial charge < -0.3 is 16.4 Å². The monoisotopic (exact) mass is 242 g/mol. The van der Waals surface area contributed by atoms with Crippen LogP contribution in [0, 0.1) is 5.92 Å². The normalized spacial score (nSPS) is 22.6. The maximum absolute atomic E-state index is 11.2. The first-order chi connectivity index (χ1) is 7.81. The van der Waals surface area contributed by atoms with Gasteiger partial charge in [-0.3, -0.25) is 9.69 Å². The van der Waals surface area contributed by atoms with E-state index in [4.69, 9.17) is 11.5 Å². The van der Waals surface area contributed by atoms with Crippen molar-refractivity contribution in [3.05, 3.63) is 0 Å². The van der Waals surface area contributed by atoms with Gasteiger partial charge in [-0.15, -0.1) is 0 Å². The lowest BCUT2D eigenvalue weighted by molar-refractivity contribution is -0.123. The maximum atomic E-state index is 11.2. The first-order valence-electron chi connectivity index (χ1n) is 6.35. The maximum Gasteiger partial charge on any atom is 0.238 e. The van der Waals surface area contributed by atoms with Gasteiger partial charge in [-0.05, 0) is 12.8 Å². The van der Waals surface area contributed by atoms with E-state index in [0.29, 0.717) is 12.5 Å². The molecule has 0 radical (unpaired) electrons. The fraction of sp³-hybridized carbons (Fsp3) is 0.917. The highest BCUT2D eigenvalue weighted by atomic mass is 16.1. The number of carbonyl (C=O) groups is 1. The summed E-state index contributed by atoms with van der Waals surface area (Å²) in [7, 11) is 0. The molecule has 100 valence electrons. The van der Waals surface area contributed by atoms with Crippen LogP contribution in [0.5, 0.6) is 0 Å². The van der Waals surface area contributed by atoms with Gasteiger partial charge in [0.1, 0.15) is 5.54 Å². The Bertz CT molecular complexity index is 257. The first kappa shape index (κ1) is 14.4. The topological polar surface area (TPSA) is 75.6 Å². The largest absolute Gasteiger partial charge is 0.368 e. The third kappa shape index (κ3) is 4.61. The van der Waals surface area contributed by atoms with Crippen LogP contribution in [-0.4, -0.2) is 60.5 Å². The van der Waals surface area contributed by atoms with Crippen molar-refractivity contribution in [3.63, 3.8) is 0 Å². The molecule has 1 amide bonds. The second-order valence-electron chi connectivity index (χ2n) is 5.75. The highest BCUT2D eigenvalue weighted by molar-refractivity contribution is 5.84. The van der Waals surface area contributed by atoms with Crippen molar-refractivity contribution in [2.75, 3.05) is 39.3 Å². The molecule has 0 spiro atoms. The summed E-state index contributed by atoms with van der Waals surface area (Å²) in [6, 6.07) is 0. The van der Waals surface area contributed by atoms with Gasteiger partial charge in [0.2, 0.25) is 5.91 Å². The zero-order valence-corrected chi connectivity index (χ0v) is 11.3. The van der Waals surface area contributed by atoms with E-state index in [1.54, 1.807) is 6.92 Å². The van der Waals surface area contributed by atoms with Crippen molar-refractivity contribution in [2.45, 2.75) is 26.3 Å². The van der Waals surface area contributed by atoms with Crippen LogP contribution in [0.25, 0.3) is 0 Å². The highest BCUT2D eigenvalue weighted by Crippen LogP contribution is 2.08. The minimum atomic E-state index is -0.916. The minimum Gasteiger partial charge on any atom is -0.368 e. The van der Waals surface area contributed by atoms with Crippen LogP contribution in [0.3, 0.4) is 0 Å². The molecule has 5 nitrogen and oxygen atoms in total. The van der Waals surface area contributed by atoms with Crippen molar-refractivity contribution in [1.82, 2.24) is 9.80 Å². The second kappa shape index (κ2) is 5.80. The summed E-state index contributed by atoms with van der Waals surface area (Å²) in [5.74, 6) is 0.272. The molecule has 1 heterocycles. The van der Waals surface area contributed by atoms with E-state index in [0.717, 1.165) is 32.7 Å². The lowest BCUT2D eigenvalue weighted by Gasteiger charge is -2.38. The Labute approximate surface area is 104 Å². The molecule has 1 rings (SSSR count). The molecule has 0 bridgehead atoms. The average molecular weight is 242 g/mol. The van der Waals surface area contributed by atoms with Crippen molar-refractivity contribution >= 4 is 5.91 Å². The summed E-state index contributed by atoms with van der Waals surface area (Å²) in [5, 5.41) is 0. The Balaban J connectivity index is 2.35. The quantitative estimate of drug-likeness (QED) is 0.679. The van der Waals surface area contributed by atoms with Crippen molar-refractivity contribution < 1.29 is 4.79 Å². The summed E-state index contributed by atoms with van der Waals surface area (Å²) in [6.07, 6.45) is 0. The first-order valence-corrected chi connectivity index (χ1v) is 6.35. The zero-order chi connectivity index (χ0) is 13.1. The van der Waals surface area contributed by atoms with Crippen molar-refractivity contribution in [1.29, 1.82) is 0 Å². The number of hydrogen-bond donors (Lipinski definition) is 2. The smallest absolute Gasteiger partial charge is 0.238 e. The molecule has 0 aromatic carbocycles. The fourth-order valence-corrected chi connectivity index (χ4v) is 2.19. The molecule has 4 N–H and O–H groups in total. The Morgan fingerprint density at radius 3 is 2.12 bits per heavy atom. The van der Waals surface area contributed by atoms with Gasteiger partial charge in [0, 0.05) is 39.3 Å². The van der Waals surface area contributed by atoms with E-state index in [2.05, 4.69) is 23.6 Å². The zero-order valence-electron chi connectivity index (χ0n) is 11.3. The fourth-order valence-electron chi connectivity index (χ4n) is 2.19. The number of piperazine rings is 1. The van der Waals surface area contributed by atoms with Crippen LogP contribution in [0.4, 0.5) is 0 Å². The molecule has 1 atom stereocenters. The number of amides is 1. The van der Waals surface area contributed by atoms with Gasteiger partial charge in [-0.1, -0.05) is 13.8 Å². The van der Waals surface area contributed by atoms with E-state index < -0.39 is 11.4 Å². The molecule has 1 fully saturated rings. The van der Waals surface area contributed by atoms with Gasteiger partial charge in [0.05, 0.1) is 0 Å². The van der Waals surface area contributed by atoms with E-state index in [1.807, 2.05) is 0 Å². The third-order valence-corrected chi connectivity index (χ3v) is 3.20. The van der Waals surface area contributed by atoms with Crippen LogP contribution in [0.15, 0.2) is 0 Å². The third-order valence-electron chi connectivity index (χ3n) is 3.20. The molecular weight excluding hydrogens is 216 g/mol. The number of hydrogen-bond acceptors (Lipinski definition) is 4. The van der Waals surface area contributed by atoms with Crippen molar-refractivity contribution in [3.8, 4) is 0 Å². The standard InChI is InChI=1S/C12H26N4O/c1-10(2)8-15-4-6-16(7-5-15)9-12(3,14)11(13)17/h10H,4-9,14H2,1-3H3,(H2,13,17). The van der Waals surface area contributed by atoms with Crippen LogP contribution in [-0.2, 0) is 4.79 Å². The Morgan fingerprint density at radius 1 is 1.24 bits per heavy atom. The van der Waals surface area contributed by atoms with Crippen LogP contribution in [0.1, 0.15) is 20.8 Å². The molecule has 0 aromatic heterocycles. The van der Waals surface area contributed by atoms with Gasteiger partial charge in [0.25, 0.3) is 0 Å². The van der Waals surface area contributed by atoms with E-state index in [-0.39, 0.29) is 0 Å². The molecule has 0 aromatic rings. The van der Waals surface area contributed by atoms with Gasteiger partial charge in [-0.2, -0.15) is 0 Å². The van der Waals surface area contributed by atoms with Gasteiger partial charge >= 0.3 is 0 Å². The Hall–Kier alpha value is -0.650. The molecule has 0 aliphatic carbocycles. The SMILES string of the molecule is CC(C)CN1CCN(CC(C)(N)C(N)=O)CC1. The molecule has 1 aliphatic heterocycles. The summed E-state index contributed by atoms with van der Waals surface area (Å²) in [4.78, 5) is 15.8. The summed E-state index contributed by atoms with van der Waals surface area (Å²) in [5.41, 5.74) is 10.2. The van der Waals surface area contributed by atoms with E-state index >= 15 is 0 Å². The second-order valence-corrected chi connectivity index (χ2v) is 5.75. The van der Waals surface area contributed by atoms with Crippen molar-refractivity contribution in [2.24, 2.45) is 17.4 Å². The average Bonchev–Trinajstić information content (AvgIpc) is 2.19. The van der Waals surface area contributed by atoms with E-state index in [1.165, 1.54) is 0 Å². The number of rotatable bonds is 5. The molecule has 17 heavy (non-hydrogen) atoms. The summed E-state index contributed by atoms with van der Waals surface area (Å²) >= 11 is 0. The number of primary amides is 1. The number of nitrogens with zero attached hydrogens (tertiary/aromatic N) is 2. The van der Waals surface area contributed by atoms with E-state index in [9.17, 15) is 4.79 Å². The van der Waals surface area contributed by atoms with Crippen LogP contribution < -0.4 is 11.5 Å². The minimum absolute atomic E-state index is 0.429. The predicted octanol–water partition coefficient (Wildman–Crippen LogP) is -0.537. The van der Waals surface area contributed by atoms with Crippen LogP contribution >= 0.6 is 0 Å². The molecule has 1 saturated heterocycles. The molecule has 1 aliphatic rings. The van der Waals surface area contributed by atoms with Gasteiger partial charge in [-0.25, -0.2) is 0 Å². The Morgan fingerprint density at radius 2 is 1.71 bits per heavy atom. The number of nitrogens with two attached hydrogens (primary N) is 2. The lowest BCUT2D eigenvalue weighted by Crippen LogP contribution is -2.59. The summed E-state index contributed by atoms with van der Waals surface area (Å²) in [6.45, 7) is 11.9. The van der Waals surface area contributed by atoms with Gasteiger partial charge in [0.15, 0.2) is 0 Å².